The van der Waals surface area contributed by atoms with E-state index in [9.17, 15) is 24.5 Å². The van der Waals surface area contributed by atoms with Crippen LogP contribution in [0.1, 0.15) is 39.0 Å². The summed E-state index contributed by atoms with van der Waals surface area (Å²) in [6.45, 7) is 4.00. The zero-order chi connectivity index (χ0) is 20.3. The number of benzene rings is 1. The van der Waals surface area contributed by atoms with Crippen LogP contribution in [-0.2, 0) is 9.53 Å². The summed E-state index contributed by atoms with van der Waals surface area (Å²) >= 11 is 5.89. The highest BCUT2D eigenvalue weighted by Crippen LogP contribution is 2.26. The summed E-state index contributed by atoms with van der Waals surface area (Å²) in [5.74, 6) is -1.72. The van der Waals surface area contributed by atoms with Crippen molar-refractivity contribution in [2.75, 3.05) is 11.9 Å². The number of non-ortho nitro benzene ring substituents is 1. The summed E-state index contributed by atoms with van der Waals surface area (Å²) in [5, 5.41) is 13.2. The van der Waals surface area contributed by atoms with Gasteiger partial charge in [-0.05, 0) is 32.4 Å². The lowest BCUT2D eigenvalue weighted by atomic mass is 10.1. The van der Waals surface area contributed by atoms with Crippen molar-refractivity contribution >= 4 is 40.6 Å². The highest BCUT2D eigenvalue weighted by molar-refractivity contribution is 6.33. The Morgan fingerprint density at radius 2 is 1.96 bits per heavy atom. The second-order valence-electron chi connectivity index (χ2n) is 5.73. The van der Waals surface area contributed by atoms with Crippen LogP contribution in [0.2, 0.25) is 5.02 Å². The number of hydrogen-bond donors (Lipinski definition) is 2. The van der Waals surface area contributed by atoms with Crippen molar-refractivity contribution in [2.45, 2.75) is 20.8 Å². The van der Waals surface area contributed by atoms with E-state index in [4.69, 9.17) is 16.3 Å². The molecule has 1 aromatic carbocycles. The SMILES string of the molecule is CC(=O)c1c(C)[nH]c(C(=O)OCC(=O)Nc2cc([N+](=O)[O-])ccc2Cl)c1C. The third-order valence-electron chi connectivity index (χ3n) is 3.76. The van der Waals surface area contributed by atoms with E-state index in [-0.39, 0.29) is 27.9 Å². The van der Waals surface area contributed by atoms with E-state index in [1.807, 2.05) is 0 Å². The van der Waals surface area contributed by atoms with Gasteiger partial charge in [0.1, 0.15) is 5.69 Å². The average molecular weight is 394 g/mol. The minimum absolute atomic E-state index is 0.0256. The molecular formula is C17H16ClN3O6. The summed E-state index contributed by atoms with van der Waals surface area (Å²) in [5.41, 5.74) is 1.22. The zero-order valence-electron chi connectivity index (χ0n) is 14.7. The Kier molecular flexibility index (Phi) is 5.96. The number of aromatic amines is 1. The maximum Gasteiger partial charge on any atom is 0.355 e. The fraction of sp³-hybridized carbons (Fsp3) is 0.235. The number of rotatable bonds is 6. The number of amides is 1. The van der Waals surface area contributed by atoms with Crippen molar-refractivity contribution < 1.29 is 24.0 Å². The molecule has 0 aliphatic rings. The van der Waals surface area contributed by atoms with Crippen LogP contribution in [0.25, 0.3) is 0 Å². The minimum atomic E-state index is -0.802. The van der Waals surface area contributed by atoms with Crippen molar-refractivity contribution in [3.63, 3.8) is 0 Å². The fourth-order valence-electron chi connectivity index (χ4n) is 2.59. The number of H-pyrrole nitrogens is 1. The summed E-state index contributed by atoms with van der Waals surface area (Å²) in [6.07, 6.45) is 0. The van der Waals surface area contributed by atoms with Gasteiger partial charge in [-0.2, -0.15) is 0 Å². The maximum atomic E-state index is 12.2. The lowest BCUT2D eigenvalue weighted by Gasteiger charge is -2.08. The lowest BCUT2D eigenvalue weighted by Crippen LogP contribution is -2.21. The van der Waals surface area contributed by atoms with Crippen molar-refractivity contribution in [3.8, 4) is 0 Å². The van der Waals surface area contributed by atoms with E-state index in [0.717, 1.165) is 6.07 Å². The predicted molar refractivity (Wildman–Crippen MR) is 97.3 cm³/mol. The number of ketones is 1. The normalized spacial score (nSPS) is 10.4. The largest absolute Gasteiger partial charge is 0.451 e. The number of aromatic nitrogens is 1. The fourth-order valence-corrected chi connectivity index (χ4v) is 2.76. The van der Waals surface area contributed by atoms with Crippen LogP contribution in [0.15, 0.2) is 18.2 Å². The van der Waals surface area contributed by atoms with E-state index in [0.29, 0.717) is 16.8 Å². The van der Waals surface area contributed by atoms with Crippen LogP contribution >= 0.6 is 11.6 Å². The number of nitrogens with zero attached hydrogens (tertiary/aromatic N) is 1. The van der Waals surface area contributed by atoms with Crippen LogP contribution < -0.4 is 5.32 Å². The number of carbonyl (C=O) groups excluding carboxylic acids is 3. The number of carbonyl (C=O) groups is 3. The van der Waals surface area contributed by atoms with Crippen molar-refractivity contribution in [2.24, 2.45) is 0 Å². The van der Waals surface area contributed by atoms with Crippen LogP contribution in [0.4, 0.5) is 11.4 Å². The standard InChI is InChI=1S/C17H16ClN3O6/c1-8-15(10(3)22)9(2)19-16(8)17(24)27-7-14(23)20-13-6-11(21(25)26)4-5-12(13)18/h4-6,19H,7H2,1-3H3,(H,20,23). The number of esters is 1. The van der Waals surface area contributed by atoms with Gasteiger partial charge in [0, 0.05) is 23.4 Å². The molecule has 27 heavy (non-hydrogen) atoms. The molecule has 2 N–H and O–H groups in total. The monoisotopic (exact) mass is 393 g/mol. The second-order valence-corrected chi connectivity index (χ2v) is 6.13. The highest BCUT2D eigenvalue weighted by atomic mass is 35.5. The van der Waals surface area contributed by atoms with Gasteiger partial charge in [-0.15, -0.1) is 0 Å². The molecule has 0 radical (unpaired) electrons. The maximum absolute atomic E-state index is 12.2. The van der Waals surface area contributed by atoms with Gasteiger partial charge in [0.2, 0.25) is 0 Å². The number of nitro benzene ring substituents is 1. The molecule has 1 heterocycles. The summed E-state index contributed by atoms with van der Waals surface area (Å²) < 4.78 is 4.94. The number of aryl methyl sites for hydroxylation is 1. The molecule has 10 heteroatoms. The second kappa shape index (κ2) is 8.00. The van der Waals surface area contributed by atoms with Crippen molar-refractivity contribution in [3.05, 3.63) is 55.9 Å². The van der Waals surface area contributed by atoms with Crippen LogP contribution in [0, 0.1) is 24.0 Å². The Morgan fingerprint density at radius 3 is 2.52 bits per heavy atom. The molecule has 0 bridgehead atoms. The number of Topliss-reactive ketones (excluding diaryl/α,β-unsaturated/α-hetero) is 1. The van der Waals surface area contributed by atoms with Crippen LogP contribution in [0.3, 0.4) is 0 Å². The Hall–Kier alpha value is -3.20. The van der Waals surface area contributed by atoms with Gasteiger partial charge in [-0.25, -0.2) is 4.79 Å². The highest BCUT2D eigenvalue weighted by Gasteiger charge is 2.21. The zero-order valence-corrected chi connectivity index (χ0v) is 15.5. The Balaban J connectivity index is 2.05. The van der Waals surface area contributed by atoms with Crippen LogP contribution in [0.5, 0.6) is 0 Å². The first kappa shape index (κ1) is 20.1. The first-order valence-corrected chi connectivity index (χ1v) is 8.10. The molecule has 9 nitrogen and oxygen atoms in total. The van der Waals surface area contributed by atoms with E-state index in [1.54, 1.807) is 13.8 Å². The molecule has 2 aromatic rings. The third kappa shape index (κ3) is 4.50. The first-order valence-electron chi connectivity index (χ1n) is 7.72. The van der Waals surface area contributed by atoms with Gasteiger partial charge in [0.15, 0.2) is 12.4 Å². The molecule has 0 aliphatic carbocycles. The predicted octanol–water partition coefficient (Wildman–Crippen LogP) is 3.19. The third-order valence-corrected chi connectivity index (χ3v) is 4.09. The Labute approximate surface area is 158 Å². The van der Waals surface area contributed by atoms with Gasteiger partial charge < -0.3 is 15.0 Å². The number of ether oxygens (including phenoxy) is 1. The Morgan fingerprint density at radius 1 is 1.30 bits per heavy atom. The van der Waals surface area contributed by atoms with E-state index < -0.39 is 23.4 Å². The molecule has 2 rings (SSSR count). The number of nitro groups is 1. The van der Waals surface area contributed by atoms with Gasteiger partial charge in [0.05, 0.1) is 15.6 Å². The van der Waals surface area contributed by atoms with Gasteiger partial charge >= 0.3 is 5.97 Å². The molecule has 0 saturated carbocycles. The molecule has 0 atom stereocenters. The molecule has 0 aliphatic heterocycles. The molecule has 0 spiro atoms. The summed E-state index contributed by atoms with van der Waals surface area (Å²) in [7, 11) is 0. The molecule has 0 fully saturated rings. The quantitative estimate of drug-likeness (QED) is 0.335. The molecule has 1 aromatic heterocycles. The topological polar surface area (TPSA) is 131 Å². The molecule has 0 unspecified atom stereocenters. The van der Waals surface area contributed by atoms with E-state index in [1.165, 1.54) is 19.1 Å². The van der Waals surface area contributed by atoms with Crippen molar-refractivity contribution in [1.82, 2.24) is 4.98 Å². The number of nitrogens with one attached hydrogen (secondary N) is 2. The number of hydrogen-bond acceptors (Lipinski definition) is 6. The first-order chi connectivity index (χ1) is 12.6. The molecular weight excluding hydrogens is 378 g/mol. The average Bonchev–Trinajstić information content (AvgIpc) is 2.89. The molecule has 1 amide bonds. The number of halogens is 1. The van der Waals surface area contributed by atoms with Gasteiger partial charge in [0.25, 0.3) is 11.6 Å². The minimum Gasteiger partial charge on any atom is -0.451 e. The summed E-state index contributed by atoms with van der Waals surface area (Å²) in [4.78, 5) is 48.7. The van der Waals surface area contributed by atoms with E-state index >= 15 is 0 Å². The van der Waals surface area contributed by atoms with Gasteiger partial charge in [-0.1, -0.05) is 11.6 Å². The molecule has 0 saturated heterocycles. The van der Waals surface area contributed by atoms with E-state index in [2.05, 4.69) is 10.3 Å². The van der Waals surface area contributed by atoms with Gasteiger partial charge in [-0.3, -0.25) is 19.7 Å². The number of anilines is 1. The van der Waals surface area contributed by atoms with Crippen LogP contribution in [-0.4, -0.2) is 34.2 Å². The molecule has 142 valence electrons. The smallest absolute Gasteiger partial charge is 0.355 e. The Bertz CT molecular complexity index is 950. The lowest BCUT2D eigenvalue weighted by molar-refractivity contribution is -0.384. The van der Waals surface area contributed by atoms with Crippen molar-refractivity contribution in [1.29, 1.82) is 0 Å². The summed E-state index contributed by atoms with van der Waals surface area (Å²) in [6, 6.07) is 3.57.